The molecule has 0 radical (unpaired) electrons. The lowest BCUT2D eigenvalue weighted by Crippen LogP contribution is -2.28. The van der Waals surface area contributed by atoms with Crippen molar-refractivity contribution in [3.05, 3.63) is 34.3 Å². The molecule has 0 spiro atoms. The zero-order valence-electron chi connectivity index (χ0n) is 11.5. The fourth-order valence-electron chi connectivity index (χ4n) is 1.71. The van der Waals surface area contributed by atoms with Gasteiger partial charge < -0.3 is 19.9 Å². The lowest BCUT2D eigenvalue weighted by Gasteiger charge is -2.23. The molecule has 2 unspecified atom stereocenters. The summed E-state index contributed by atoms with van der Waals surface area (Å²) in [5.41, 5.74) is 7.06. The SMILES string of the molecule is COCCOCCOC(c1ccccc1Br)C(C)N. The molecule has 19 heavy (non-hydrogen) atoms. The molecule has 1 rings (SSSR count). The Morgan fingerprint density at radius 2 is 1.84 bits per heavy atom. The van der Waals surface area contributed by atoms with Crippen LogP contribution in [0.25, 0.3) is 0 Å². The molecule has 0 aliphatic rings. The molecule has 0 saturated heterocycles. The smallest absolute Gasteiger partial charge is 0.0985 e. The number of methoxy groups -OCH3 is 1. The predicted octanol–water partition coefficient (Wildman–Crippen LogP) is 2.52. The summed E-state index contributed by atoms with van der Waals surface area (Å²) >= 11 is 3.53. The summed E-state index contributed by atoms with van der Waals surface area (Å²) < 4.78 is 17.1. The van der Waals surface area contributed by atoms with E-state index >= 15 is 0 Å². The summed E-state index contributed by atoms with van der Waals surface area (Å²) in [7, 11) is 1.65. The van der Waals surface area contributed by atoms with E-state index in [1.54, 1.807) is 7.11 Å². The van der Waals surface area contributed by atoms with Crippen LogP contribution in [0.2, 0.25) is 0 Å². The monoisotopic (exact) mass is 331 g/mol. The fourth-order valence-corrected chi connectivity index (χ4v) is 2.22. The van der Waals surface area contributed by atoms with Crippen molar-refractivity contribution >= 4 is 15.9 Å². The Morgan fingerprint density at radius 1 is 1.16 bits per heavy atom. The molecule has 4 nitrogen and oxygen atoms in total. The van der Waals surface area contributed by atoms with Crippen LogP contribution in [0.15, 0.2) is 28.7 Å². The molecule has 0 aliphatic carbocycles. The molecule has 2 N–H and O–H groups in total. The minimum absolute atomic E-state index is 0.0855. The molecule has 2 atom stereocenters. The van der Waals surface area contributed by atoms with Crippen LogP contribution >= 0.6 is 15.9 Å². The van der Waals surface area contributed by atoms with E-state index in [-0.39, 0.29) is 12.1 Å². The van der Waals surface area contributed by atoms with Crippen molar-refractivity contribution in [2.24, 2.45) is 5.73 Å². The highest BCUT2D eigenvalue weighted by Crippen LogP contribution is 2.27. The van der Waals surface area contributed by atoms with Crippen LogP contribution in [0.4, 0.5) is 0 Å². The lowest BCUT2D eigenvalue weighted by atomic mass is 10.0. The van der Waals surface area contributed by atoms with Crippen molar-refractivity contribution in [3.63, 3.8) is 0 Å². The zero-order chi connectivity index (χ0) is 14.1. The Balaban J connectivity index is 2.44. The van der Waals surface area contributed by atoms with E-state index in [9.17, 15) is 0 Å². The van der Waals surface area contributed by atoms with Gasteiger partial charge in [0.05, 0.1) is 32.5 Å². The summed E-state index contributed by atoms with van der Waals surface area (Å²) in [6, 6.07) is 7.87. The number of rotatable bonds is 9. The third kappa shape index (κ3) is 6.01. The van der Waals surface area contributed by atoms with Gasteiger partial charge in [-0.2, -0.15) is 0 Å². The highest BCUT2D eigenvalue weighted by atomic mass is 79.9. The van der Waals surface area contributed by atoms with Gasteiger partial charge in [0.25, 0.3) is 0 Å². The number of benzene rings is 1. The molecule has 0 bridgehead atoms. The van der Waals surface area contributed by atoms with E-state index in [1.165, 1.54) is 0 Å². The van der Waals surface area contributed by atoms with E-state index in [0.29, 0.717) is 26.4 Å². The molecule has 0 fully saturated rings. The molecule has 108 valence electrons. The van der Waals surface area contributed by atoms with Gasteiger partial charge in [-0.3, -0.25) is 0 Å². The molecule has 1 aromatic carbocycles. The van der Waals surface area contributed by atoms with Gasteiger partial charge in [-0.25, -0.2) is 0 Å². The normalized spacial score (nSPS) is 14.3. The lowest BCUT2D eigenvalue weighted by molar-refractivity contribution is -0.0144. The Bertz CT molecular complexity index is 360. The quantitative estimate of drug-likeness (QED) is 0.706. The Kier molecular flexibility index (Phi) is 8.25. The second kappa shape index (κ2) is 9.44. The van der Waals surface area contributed by atoms with Gasteiger partial charge in [0.15, 0.2) is 0 Å². The number of nitrogens with two attached hydrogens (primary N) is 1. The first-order valence-electron chi connectivity index (χ1n) is 6.35. The van der Waals surface area contributed by atoms with Crippen molar-refractivity contribution in [2.75, 3.05) is 33.5 Å². The van der Waals surface area contributed by atoms with Crippen LogP contribution in [0.3, 0.4) is 0 Å². The minimum Gasteiger partial charge on any atom is -0.382 e. The molecule has 0 amide bonds. The van der Waals surface area contributed by atoms with E-state index in [4.69, 9.17) is 19.9 Å². The fraction of sp³-hybridized carbons (Fsp3) is 0.571. The van der Waals surface area contributed by atoms with Gasteiger partial charge >= 0.3 is 0 Å². The Hall–Kier alpha value is -0.460. The first-order valence-corrected chi connectivity index (χ1v) is 7.14. The molecular weight excluding hydrogens is 310 g/mol. The zero-order valence-corrected chi connectivity index (χ0v) is 13.1. The van der Waals surface area contributed by atoms with E-state index in [2.05, 4.69) is 15.9 Å². The maximum atomic E-state index is 5.99. The summed E-state index contributed by atoms with van der Waals surface area (Å²) in [6.45, 7) is 4.17. The van der Waals surface area contributed by atoms with Crippen LogP contribution in [-0.4, -0.2) is 39.6 Å². The molecule has 0 aromatic heterocycles. The van der Waals surface area contributed by atoms with Gasteiger partial charge in [-0.15, -0.1) is 0 Å². The Labute approximate surface area is 123 Å². The van der Waals surface area contributed by atoms with Crippen molar-refractivity contribution in [1.29, 1.82) is 0 Å². The van der Waals surface area contributed by atoms with Gasteiger partial charge in [0.2, 0.25) is 0 Å². The molecule has 0 heterocycles. The van der Waals surface area contributed by atoms with Gasteiger partial charge in [0, 0.05) is 17.6 Å². The van der Waals surface area contributed by atoms with Gasteiger partial charge in [-0.05, 0) is 18.6 Å². The topological polar surface area (TPSA) is 53.7 Å². The number of hydrogen-bond donors (Lipinski definition) is 1. The number of ether oxygens (including phenoxy) is 3. The summed E-state index contributed by atoms with van der Waals surface area (Å²) in [5.74, 6) is 0. The standard InChI is InChI=1S/C14H22BrNO3/c1-11(16)14(12-5-3-4-6-13(12)15)19-10-9-18-8-7-17-2/h3-6,11,14H,7-10,16H2,1-2H3. The average molecular weight is 332 g/mol. The summed E-state index contributed by atoms with van der Waals surface area (Å²) in [4.78, 5) is 0. The van der Waals surface area contributed by atoms with Crippen molar-refractivity contribution in [2.45, 2.75) is 19.1 Å². The summed E-state index contributed by atoms with van der Waals surface area (Å²) in [5, 5.41) is 0. The largest absolute Gasteiger partial charge is 0.382 e. The van der Waals surface area contributed by atoms with Gasteiger partial charge in [0.1, 0.15) is 0 Å². The third-order valence-electron chi connectivity index (χ3n) is 2.65. The van der Waals surface area contributed by atoms with E-state index in [0.717, 1.165) is 10.0 Å². The average Bonchev–Trinajstić information content (AvgIpc) is 2.39. The molecule has 0 saturated carbocycles. The molecule has 5 heteroatoms. The molecule has 0 aliphatic heterocycles. The predicted molar refractivity (Wildman–Crippen MR) is 79.2 cm³/mol. The Morgan fingerprint density at radius 3 is 2.47 bits per heavy atom. The highest BCUT2D eigenvalue weighted by molar-refractivity contribution is 9.10. The first-order chi connectivity index (χ1) is 9.16. The molecular formula is C14H22BrNO3. The van der Waals surface area contributed by atoms with Gasteiger partial charge in [-0.1, -0.05) is 34.1 Å². The van der Waals surface area contributed by atoms with Crippen molar-refractivity contribution in [3.8, 4) is 0 Å². The van der Waals surface area contributed by atoms with E-state index < -0.39 is 0 Å². The van der Waals surface area contributed by atoms with Crippen molar-refractivity contribution in [1.82, 2.24) is 0 Å². The van der Waals surface area contributed by atoms with E-state index in [1.807, 2.05) is 31.2 Å². The minimum atomic E-state index is -0.137. The van der Waals surface area contributed by atoms with Crippen LogP contribution in [0.5, 0.6) is 0 Å². The van der Waals surface area contributed by atoms with Crippen molar-refractivity contribution < 1.29 is 14.2 Å². The number of hydrogen-bond acceptors (Lipinski definition) is 4. The molecule has 1 aromatic rings. The summed E-state index contributed by atoms with van der Waals surface area (Å²) in [6.07, 6.45) is -0.137. The first kappa shape index (κ1) is 16.6. The second-order valence-electron chi connectivity index (χ2n) is 4.28. The highest BCUT2D eigenvalue weighted by Gasteiger charge is 2.18. The maximum absolute atomic E-state index is 5.99. The van der Waals surface area contributed by atoms with Crippen LogP contribution in [0, 0.1) is 0 Å². The third-order valence-corrected chi connectivity index (χ3v) is 3.37. The second-order valence-corrected chi connectivity index (χ2v) is 5.13. The van der Waals surface area contributed by atoms with Crippen LogP contribution < -0.4 is 5.73 Å². The van der Waals surface area contributed by atoms with Crippen LogP contribution in [-0.2, 0) is 14.2 Å². The maximum Gasteiger partial charge on any atom is 0.0985 e. The van der Waals surface area contributed by atoms with Crippen LogP contribution in [0.1, 0.15) is 18.6 Å². The number of halogens is 1.